The fourth-order valence-corrected chi connectivity index (χ4v) is 3.05. The quantitative estimate of drug-likeness (QED) is 0.878. The van der Waals surface area contributed by atoms with Crippen LogP contribution < -0.4 is 10.1 Å². The van der Waals surface area contributed by atoms with Crippen molar-refractivity contribution in [3.05, 3.63) is 29.8 Å². The predicted molar refractivity (Wildman–Crippen MR) is 89.1 cm³/mol. The van der Waals surface area contributed by atoms with Gasteiger partial charge in [0.15, 0.2) is 0 Å². The molecule has 1 aliphatic heterocycles. The minimum Gasteiger partial charge on any atom is -0.497 e. The number of benzene rings is 1. The van der Waals surface area contributed by atoms with Gasteiger partial charge in [-0.2, -0.15) is 0 Å². The van der Waals surface area contributed by atoms with E-state index >= 15 is 0 Å². The molecule has 0 radical (unpaired) electrons. The number of amides is 1. The van der Waals surface area contributed by atoms with Crippen molar-refractivity contribution in [2.75, 3.05) is 26.7 Å². The normalized spacial score (nSPS) is 20.4. The lowest BCUT2D eigenvalue weighted by atomic mass is 9.99. The Morgan fingerprint density at radius 3 is 3.05 bits per heavy atom. The molecule has 0 bridgehead atoms. The van der Waals surface area contributed by atoms with Gasteiger partial charge in [0, 0.05) is 19.1 Å². The molecule has 1 saturated heterocycles. The van der Waals surface area contributed by atoms with E-state index in [9.17, 15) is 4.79 Å². The molecule has 1 fully saturated rings. The zero-order valence-corrected chi connectivity index (χ0v) is 14.0. The Labute approximate surface area is 133 Å². The van der Waals surface area contributed by atoms with Gasteiger partial charge in [-0.3, -0.25) is 9.69 Å². The van der Waals surface area contributed by atoms with Crippen LogP contribution in [0.25, 0.3) is 0 Å². The molecule has 2 rings (SSSR count). The lowest BCUT2D eigenvalue weighted by Gasteiger charge is -2.35. The number of carbonyl (C=O) groups is 1. The standard InChI is InChI=1S/C18H28N2O2/c1-14-6-5-9-20(13-14)15(2)12-19-18(21)11-16-7-4-8-17(10-16)22-3/h4,7-8,10,14-15H,5-6,9,11-13H2,1-3H3,(H,19,21)/t14-,15-/m0/s1. The largest absolute Gasteiger partial charge is 0.497 e. The van der Waals surface area contributed by atoms with Crippen molar-refractivity contribution in [1.29, 1.82) is 0 Å². The molecule has 1 heterocycles. The second-order valence-electron chi connectivity index (χ2n) is 6.42. The smallest absolute Gasteiger partial charge is 0.224 e. The molecule has 1 N–H and O–H groups in total. The number of nitrogens with zero attached hydrogens (tertiary/aromatic N) is 1. The molecular formula is C18H28N2O2. The zero-order chi connectivity index (χ0) is 15.9. The average molecular weight is 304 g/mol. The van der Waals surface area contributed by atoms with Gasteiger partial charge in [-0.25, -0.2) is 0 Å². The minimum absolute atomic E-state index is 0.0742. The summed E-state index contributed by atoms with van der Waals surface area (Å²) in [6, 6.07) is 8.07. The maximum Gasteiger partial charge on any atom is 0.224 e. The number of piperidine rings is 1. The predicted octanol–water partition coefficient (Wildman–Crippen LogP) is 2.47. The summed E-state index contributed by atoms with van der Waals surface area (Å²) in [4.78, 5) is 14.6. The zero-order valence-electron chi connectivity index (χ0n) is 14.0. The van der Waals surface area contributed by atoms with Crippen LogP contribution in [0.3, 0.4) is 0 Å². The first kappa shape index (κ1) is 16.8. The van der Waals surface area contributed by atoms with Crippen LogP contribution in [-0.2, 0) is 11.2 Å². The van der Waals surface area contributed by atoms with Gasteiger partial charge in [0.2, 0.25) is 5.91 Å². The molecule has 2 atom stereocenters. The number of likely N-dealkylation sites (tertiary alicyclic amines) is 1. The van der Waals surface area contributed by atoms with Gasteiger partial charge in [0.1, 0.15) is 5.75 Å². The number of hydrogen-bond donors (Lipinski definition) is 1. The summed E-state index contributed by atoms with van der Waals surface area (Å²) < 4.78 is 5.19. The van der Waals surface area contributed by atoms with Crippen molar-refractivity contribution < 1.29 is 9.53 Å². The Hall–Kier alpha value is -1.55. The van der Waals surface area contributed by atoms with Crippen LogP contribution in [-0.4, -0.2) is 43.6 Å². The number of hydrogen-bond acceptors (Lipinski definition) is 3. The first-order valence-electron chi connectivity index (χ1n) is 8.22. The molecular weight excluding hydrogens is 276 g/mol. The van der Waals surface area contributed by atoms with Gasteiger partial charge in [0.25, 0.3) is 0 Å². The number of nitrogens with one attached hydrogen (secondary N) is 1. The van der Waals surface area contributed by atoms with E-state index in [-0.39, 0.29) is 5.91 Å². The second-order valence-corrected chi connectivity index (χ2v) is 6.42. The van der Waals surface area contributed by atoms with Gasteiger partial charge < -0.3 is 10.1 Å². The Balaban J connectivity index is 1.77. The van der Waals surface area contributed by atoms with E-state index in [1.807, 2.05) is 24.3 Å². The van der Waals surface area contributed by atoms with E-state index in [1.54, 1.807) is 7.11 Å². The molecule has 122 valence electrons. The van der Waals surface area contributed by atoms with Crippen molar-refractivity contribution in [2.24, 2.45) is 5.92 Å². The van der Waals surface area contributed by atoms with E-state index in [1.165, 1.54) is 12.8 Å². The summed E-state index contributed by atoms with van der Waals surface area (Å²) in [5, 5.41) is 3.06. The molecule has 4 nitrogen and oxygen atoms in total. The highest BCUT2D eigenvalue weighted by Crippen LogP contribution is 2.17. The van der Waals surface area contributed by atoms with Crippen LogP contribution in [0.2, 0.25) is 0 Å². The Kier molecular flexibility index (Phi) is 6.25. The maximum absolute atomic E-state index is 12.1. The lowest BCUT2D eigenvalue weighted by Crippen LogP contribution is -2.46. The molecule has 1 amide bonds. The van der Waals surface area contributed by atoms with Crippen molar-refractivity contribution in [1.82, 2.24) is 10.2 Å². The third-order valence-corrected chi connectivity index (χ3v) is 4.41. The molecule has 0 spiro atoms. The summed E-state index contributed by atoms with van der Waals surface area (Å²) >= 11 is 0. The first-order valence-corrected chi connectivity index (χ1v) is 8.22. The second kappa shape index (κ2) is 8.18. The Morgan fingerprint density at radius 2 is 2.32 bits per heavy atom. The van der Waals surface area contributed by atoms with Crippen molar-refractivity contribution in [3.8, 4) is 5.75 Å². The lowest BCUT2D eigenvalue weighted by molar-refractivity contribution is -0.120. The van der Waals surface area contributed by atoms with E-state index in [0.717, 1.165) is 36.9 Å². The third kappa shape index (κ3) is 5.02. The van der Waals surface area contributed by atoms with Crippen LogP contribution in [0.15, 0.2) is 24.3 Å². The van der Waals surface area contributed by atoms with Crippen molar-refractivity contribution in [3.63, 3.8) is 0 Å². The molecule has 22 heavy (non-hydrogen) atoms. The Bertz CT molecular complexity index is 490. The van der Waals surface area contributed by atoms with Gasteiger partial charge in [-0.15, -0.1) is 0 Å². The first-order chi connectivity index (χ1) is 10.6. The van der Waals surface area contributed by atoms with Gasteiger partial charge >= 0.3 is 0 Å². The summed E-state index contributed by atoms with van der Waals surface area (Å²) in [5.74, 6) is 1.63. The van der Waals surface area contributed by atoms with Crippen LogP contribution in [0, 0.1) is 5.92 Å². The molecule has 0 aromatic heterocycles. The molecule has 0 saturated carbocycles. The van der Waals surface area contributed by atoms with E-state index in [4.69, 9.17) is 4.74 Å². The van der Waals surface area contributed by atoms with Crippen molar-refractivity contribution >= 4 is 5.91 Å². The topological polar surface area (TPSA) is 41.6 Å². The highest BCUT2D eigenvalue weighted by Gasteiger charge is 2.21. The van der Waals surface area contributed by atoms with E-state index < -0.39 is 0 Å². The number of ether oxygens (including phenoxy) is 1. The van der Waals surface area contributed by atoms with Gasteiger partial charge in [-0.1, -0.05) is 19.1 Å². The maximum atomic E-state index is 12.1. The molecule has 1 aromatic carbocycles. The Morgan fingerprint density at radius 1 is 1.50 bits per heavy atom. The van der Waals surface area contributed by atoms with Gasteiger partial charge in [-0.05, 0) is 49.9 Å². The highest BCUT2D eigenvalue weighted by molar-refractivity contribution is 5.78. The fraction of sp³-hybridized carbons (Fsp3) is 0.611. The number of carbonyl (C=O) groups excluding carboxylic acids is 1. The van der Waals surface area contributed by atoms with Crippen LogP contribution in [0.5, 0.6) is 5.75 Å². The van der Waals surface area contributed by atoms with Crippen LogP contribution in [0.4, 0.5) is 0 Å². The summed E-state index contributed by atoms with van der Waals surface area (Å²) in [5.41, 5.74) is 0.982. The summed E-state index contributed by atoms with van der Waals surface area (Å²) in [6.45, 7) is 7.52. The van der Waals surface area contributed by atoms with Crippen LogP contribution >= 0.6 is 0 Å². The molecule has 1 aliphatic rings. The molecule has 1 aromatic rings. The number of methoxy groups -OCH3 is 1. The van der Waals surface area contributed by atoms with Gasteiger partial charge in [0.05, 0.1) is 13.5 Å². The molecule has 0 aliphatic carbocycles. The summed E-state index contributed by atoms with van der Waals surface area (Å²) in [6.07, 6.45) is 3.00. The monoisotopic (exact) mass is 304 g/mol. The van der Waals surface area contributed by atoms with E-state index in [0.29, 0.717) is 12.5 Å². The molecule has 4 heteroatoms. The fourth-order valence-electron chi connectivity index (χ4n) is 3.05. The highest BCUT2D eigenvalue weighted by atomic mass is 16.5. The SMILES string of the molecule is COc1cccc(CC(=O)NC[C@H](C)N2CCC[C@H](C)C2)c1. The average Bonchev–Trinajstić information content (AvgIpc) is 2.52. The van der Waals surface area contributed by atoms with Crippen molar-refractivity contribution in [2.45, 2.75) is 39.2 Å². The molecule has 0 unspecified atom stereocenters. The van der Waals surface area contributed by atoms with E-state index in [2.05, 4.69) is 24.1 Å². The van der Waals surface area contributed by atoms with Crippen LogP contribution in [0.1, 0.15) is 32.3 Å². The third-order valence-electron chi connectivity index (χ3n) is 4.41. The number of rotatable bonds is 6. The summed E-state index contributed by atoms with van der Waals surface area (Å²) in [7, 11) is 1.64. The minimum atomic E-state index is 0.0742.